The van der Waals surface area contributed by atoms with E-state index in [-0.39, 0.29) is 0 Å². The van der Waals surface area contributed by atoms with E-state index in [0.717, 1.165) is 31.9 Å². The lowest BCUT2D eigenvalue weighted by Gasteiger charge is -2.26. The second kappa shape index (κ2) is 4.24. The number of fused-ring (bicyclic) bond motifs is 1. The van der Waals surface area contributed by atoms with Gasteiger partial charge in [0.25, 0.3) is 0 Å². The maximum absolute atomic E-state index is 4.59. The molecule has 0 aromatic carbocycles. The van der Waals surface area contributed by atoms with E-state index in [9.17, 15) is 0 Å². The van der Waals surface area contributed by atoms with Crippen LogP contribution < -0.4 is 4.90 Å². The molecule has 1 atom stereocenters. The largest absolute Gasteiger partial charge is 0.464 e. The number of nitrogens with one attached hydrogen (secondary N) is 1. The van der Waals surface area contributed by atoms with E-state index in [4.69, 9.17) is 0 Å². The standard InChI is InChI=1S/C11H18N4/c1-14(2)8-11-12-6-9-7-15(3)5-4-10(9)13-11/h6,15H,3-5,7-8H2,1-2H3. The quantitative estimate of drug-likeness (QED) is 0.648. The van der Waals surface area contributed by atoms with Gasteiger partial charge in [0.15, 0.2) is 0 Å². The molecule has 0 saturated heterocycles. The van der Waals surface area contributed by atoms with Crippen molar-refractivity contribution < 1.29 is 4.90 Å². The minimum absolute atomic E-state index is 0.814. The smallest absolute Gasteiger partial charge is 0.142 e. The van der Waals surface area contributed by atoms with Crippen LogP contribution in [0.2, 0.25) is 0 Å². The third-order valence-corrected chi connectivity index (χ3v) is 2.62. The molecule has 0 radical (unpaired) electrons. The molecule has 1 aromatic heterocycles. The van der Waals surface area contributed by atoms with E-state index < -0.39 is 0 Å². The monoisotopic (exact) mass is 206 g/mol. The van der Waals surface area contributed by atoms with E-state index in [1.54, 1.807) is 0 Å². The molecule has 0 saturated carbocycles. The van der Waals surface area contributed by atoms with Crippen molar-refractivity contribution in [1.82, 2.24) is 14.9 Å². The Bertz CT molecular complexity index is 348. The summed E-state index contributed by atoms with van der Waals surface area (Å²) < 4.78 is 0. The van der Waals surface area contributed by atoms with Gasteiger partial charge in [-0.3, -0.25) is 0 Å². The molecule has 0 bridgehead atoms. The van der Waals surface area contributed by atoms with E-state index in [0.29, 0.717) is 0 Å². The van der Waals surface area contributed by atoms with Gasteiger partial charge in [-0.25, -0.2) is 9.97 Å². The Labute approximate surface area is 90.9 Å². The van der Waals surface area contributed by atoms with Crippen LogP contribution in [0.3, 0.4) is 0 Å². The summed E-state index contributed by atoms with van der Waals surface area (Å²) in [5.41, 5.74) is 2.48. The average molecular weight is 206 g/mol. The van der Waals surface area contributed by atoms with Crippen molar-refractivity contribution in [3.63, 3.8) is 0 Å². The van der Waals surface area contributed by atoms with Gasteiger partial charge in [-0.15, -0.1) is 0 Å². The van der Waals surface area contributed by atoms with Crippen LogP contribution in [0.15, 0.2) is 6.20 Å². The average Bonchev–Trinajstić information content (AvgIpc) is 2.17. The Balaban J connectivity index is 2.19. The summed E-state index contributed by atoms with van der Waals surface area (Å²) >= 11 is 0. The predicted octanol–water partition coefficient (Wildman–Crippen LogP) is -0.729. The molecule has 0 amide bonds. The lowest BCUT2D eigenvalue weighted by molar-refractivity contribution is -0.870. The molecule has 1 N–H and O–H groups in total. The van der Waals surface area contributed by atoms with Crippen LogP contribution in [0, 0.1) is 7.05 Å². The SMILES string of the molecule is [CH2-][NH+]1CCc2nc(CN(C)C)ncc2C1. The lowest BCUT2D eigenvalue weighted by Crippen LogP contribution is -3.06. The summed E-state index contributed by atoms with van der Waals surface area (Å²) in [6, 6.07) is 0. The fraction of sp³-hybridized carbons (Fsp3) is 0.545. The predicted molar refractivity (Wildman–Crippen MR) is 58.0 cm³/mol. The summed E-state index contributed by atoms with van der Waals surface area (Å²) in [5.74, 6) is 0.922. The number of quaternary nitrogens is 1. The molecule has 0 fully saturated rings. The van der Waals surface area contributed by atoms with Crippen LogP contribution >= 0.6 is 0 Å². The minimum atomic E-state index is 0.814. The first-order valence-electron chi connectivity index (χ1n) is 5.30. The number of aromatic nitrogens is 2. The molecule has 82 valence electrons. The van der Waals surface area contributed by atoms with Crippen LogP contribution in [0.1, 0.15) is 17.1 Å². The van der Waals surface area contributed by atoms with Crippen molar-refractivity contribution in [2.24, 2.45) is 0 Å². The van der Waals surface area contributed by atoms with Gasteiger partial charge >= 0.3 is 0 Å². The molecule has 1 aliphatic rings. The second-order valence-electron chi connectivity index (χ2n) is 4.42. The Morgan fingerprint density at radius 1 is 1.53 bits per heavy atom. The molecule has 15 heavy (non-hydrogen) atoms. The maximum atomic E-state index is 4.59. The summed E-state index contributed by atoms with van der Waals surface area (Å²) in [7, 11) is 8.08. The van der Waals surface area contributed by atoms with Crippen LogP contribution in [-0.2, 0) is 19.5 Å². The third kappa shape index (κ3) is 2.52. The second-order valence-corrected chi connectivity index (χ2v) is 4.42. The first-order valence-corrected chi connectivity index (χ1v) is 5.30. The van der Waals surface area contributed by atoms with Gasteiger partial charge in [0, 0.05) is 18.2 Å². The Kier molecular flexibility index (Phi) is 2.98. The fourth-order valence-electron chi connectivity index (χ4n) is 1.86. The van der Waals surface area contributed by atoms with Gasteiger partial charge < -0.3 is 9.80 Å². The molecule has 2 heterocycles. The van der Waals surface area contributed by atoms with Crippen molar-refractivity contribution in [3.8, 4) is 0 Å². The minimum Gasteiger partial charge on any atom is -0.464 e. The highest BCUT2D eigenvalue weighted by molar-refractivity contribution is 5.18. The van der Waals surface area contributed by atoms with E-state index in [1.807, 2.05) is 20.3 Å². The highest BCUT2D eigenvalue weighted by Crippen LogP contribution is 2.08. The molecule has 4 nitrogen and oxygen atoms in total. The van der Waals surface area contributed by atoms with E-state index >= 15 is 0 Å². The maximum Gasteiger partial charge on any atom is 0.142 e. The highest BCUT2D eigenvalue weighted by Gasteiger charge is 2.15. The first-order chi connectivity index (χ1) is 7.15. The van der Waals surface area contributed by atoms with Crippen LogP contribution in [0.4, 0.5) is 0 Å². The van der Waals surface area contributed by atoms with Crippen molar-refractivity contribution >= 4 is 0 Å². The number of hydrogen-bond acceptors (Lipinski definition) is 3. The summed E-state index contributed by atoms with van der Waals surface area (Å²) in [5, 5.41) is 0. The number of rotatable bonds is 2. The Morgan fingerprint density at radius 3 is 3.07 bits per heavy atom. The molecule has 0 aliphatic carbocycles. The van der Waals surface area contributed by atoms with Gasteiger partial charge in [-0.1, -0.05) is 0 Å². The van der Waals surface area contributed by atoms with Gasteiger partial charge in [0.1, 0.15) is 5.82 Å². The number of hydrogen-bond donors (Lipinski definition) is 1. The molecule has 4 heteroatoms. The first kappa shape index (κ1) is 10.5. The summed E-state index contributed by atoms with van der Waals surface area (Å²) in [6.45, 7) is 2.84. The third-order valence-electron chi connectivity index (χ3n) is 2.62. The van der Waals surface area contributed by atoms with Gasteiger partial charge in [-0.05, 0) is 14.1 Å². The molecular formula is C11H18N4. The molecule has 1 aromatic rings. The summed E-state index contributed by atoms with van der Waals surface area (Å²) in [4.78, 5) is 12.4. The lowest BCUT2D eigenvalue weighted by atomic mass is 10.1. The van der Waals surface area contributed by atoms with Crippen LogP contribution in [0.25, 0.3) is 0 Å². The van der Waals surface area contributed by atoms with Gasteiger partial charge in [-0.2, -0.15) is 7.05 Å². The normalized spacial score (nSPS) is 20.4. The van der Waals surface area contributed by atoms with Crippen molar-refractivity contribution in [2.75, 3.05) is 20.6 Å². The Morgan fingerprint density at radius 2 is 2.33 bits per heavy atom. The van der Waals surface area contributed by atoms with Crippen LogP contribution in [0.5, 0.6) is 0 Å². The van der Waals surface area contributed by atoms with Gasteiger partial charge in [0.05, 0.1) is 25.3 Å². The van der Waals surface area contributed by atoms with Crippen LogP contribution in [-0.4, -0.2) is 35.5 Å². The molecule has 0 spiro atoms. The number of nitrogens with zero attached hydrogens (tertiary/aromatic N) is 3. The van der Waals surface area contributed by atoms with E-state index in [2.05, 4.69) is 21.9 Å². The zero-order valence-corrected chi connectivity index (χ0v) is 9.45. The Hall–Kier alpha value is -1.00. The van der Waals surface area contributed by atoms with Gasteiger partial charge in [0.2, 0.25) is 0 Å². The fourth-order valence-corrected chi connectivity index (χ4v) is 1.86. The topological polar surface area (TPSA) is 33.5 Å². The van der Waals surface area contributed by atoms with Crippen molar-refractivity contribution in [1.29, 1.82) is 0 Å². The van der Waals surface area contributed by atoms with Crippen molar-refractivity contribution in [3.05, 3.63) is 30.3 Å². The zero-order chi connectivity index (χ0) is 10.8. The molecule has 2 rings (SSSR count). The highest BCUT2D eigenvalue weighted by atomic mass is 15.1. The van der Waals surface area contributed by atoms with E-state index in [1.165, 1.54) is 16.2 Å². The summed E-state index contributed by atoms with van der Waals surface area (Å²) in [6.07, 6.45) is 2.99. The molecule has 1 unspecified atom stereocenters. The molecular weight excluding hydrogens is 188 g/mol. The van der Waals surface area contributed by atoms with Crippen molar-refractivity contribution in [2.45, 2.75) is 19.5 Å². The zero-order valence-electron chi connectivity index (χ0n) is 9.45. The molecule has 1 aliphatic heterocycles.